The second-order valence-corrected chi connectivity index (χ2v) is 9.19. The number of rotatable bonds is 6. The highest BCUT2D eigenvalue weighted by molar-refractivity contribution is 7.80. The van der Waals surface area contributed by atoms with Gasteiger partial charge in [-0.25, -0.2) is 0 Å². The van der Waals surface area contributed by atoms with Gasteiger partial charge in [-0.05, 0) is 67.9 Å². The van der Waals surface area contributed by atoms with Gasteiger partial charge in [0.25, 0.3) is 5.89 Å². The van der Waals surface area contributed by atoms with E-state index in [0.717, 1.165) is 40.3 Å². The Labute approximate surface area is 216 Å². The normalized spacial score (nSPS) is 15.7. The summed E-state index contributed by atoms with van der Waals surface area (Å²) in [7, 11) is 1.64. The fourth-order valence-corrected chi connectivity index (χ4v) is 4.83. The third-order valence-electron chi connectivity index (χ3n) is 6.46. The average molecular weight is 497 g/mol. The van der Waals surface area contributed by atoms with E-state index in [2.05, 4.69) is 79.8 Å². The predicted octanol–water partition coefficient (Wildman–Crippen LogP) is 6.48. The summed E-state index contributed by atoms with van der Waals surface area (Å²) in [5.41, 5.74) is 7.15. The van der Waals surface area contributed by atoms with Gasteiger partial charge in [0.1, 0.15) is 5.75 Å². The van der Waals surface area contributed by atoms with Crippen molar-refractivity contribution >= 4 is 28.6 Å². The first-order valence-electron chi connectivity index (χ1n) is 11.9. The topological polar surface area (TPSA) is 63.4 Å². The molecule has 1 aliphatic rings. The minimum Gasteiger partial charge on any atom is -0.497 e. The molecule has 1 unspecified atom stereocenters. The standard InChI is InChI=1S/C29H28N4O2S/c1-5-20-8-6-10-23(16-20)33-19(3)25(26(30-29(33)36)21-14-12-18(2)13-15-21)28-31-27(32-35-28)22-9-7-11-24(17-22)34-4/h6-17,26H,5H2,1-4H3,(H,30,36). The van der Waals surface area contributed by atoms with Gasteiger partial charge >= 0.3 is 0 Å². The molecule has 2 heterocycles. The molecule has 0 bridgehead atoms. The van der Waals surface area contributed by atoms with Crippen LogP contribution in [-0.2, 0) is 6.42 Å². The first kappa shape index (κ1) is 23.8. The van der Waals surface area contributed by atoms with E-state index in [4.69, 9.17) is 26.5 Å². The molecule has 4 aromatic rings. The van der Waals surface area contributed by atoms with Gasteiger partial charge < -0.3 is 14.6 Å². The lowest BCUT2D eigenvalue weighted by molar-refractivity contribution is 0.403. The Morgan fingerprint density at radius 2 is 1.81 bits per heavy atom. The van der Waals surface area contributed by atoms with Gasteiger partial charge in [0, 0.05) is 16.9 Å². The van der Waals surface area contributed by atoms with Crippen LogP contribution in [0.25, 0.3) is 17.0 Å². The number of nitrogens with one attached hydrogen (secondary N) is 1. The van der Waals surface area contributed by atoms with Crippen LogP contribution < -0.4 is 15.0 Å². The zero-order valence-corrected chi connectivity index (χ0v) is 21.6. The molecule has 36 heavy (non-hydrogen) atoms. The number of benzene rings is 3. The zero-order chi connectivity index (χ0) is 25.2. The van der Waals surface area contributed by atoms with Crippen molar-refractivity contribution in [1.29, 1.82) is 0 Å². The number of hydrogen-bond donors (Lipinski definition) is 1. The summed E-state index contributed by atoms with van der Waals surface area (Å²) < 4.78 is 11.2. The lowest BCUT2D eigenvalue weighted by Gasteiger charge is -2.37. The largest absolute Gasteiger partial charge is 0.497 e. The number of nitrogens with zero attached hydrogens (tertiary/aromatic N) is 3. The fraction of sp³-hybridized carbons (Fsp3) is 0.207. The Morgan fingerprint density at radius 3 is 2.56 bits per heavy atom. The molecular weight excluding hydrogens is 468 g/mol. The van der Waals surface area contributed by atoms with Gasteiger partial charge in [0.15, 0.2) is 5.11 Å². The maximum Gasteiger partial charge on any atom is 0.258 e. The van der Waals surface area contributed by atoms with E-state index in [9.17, 15) is 0 Å². The van der Waals surface area contributed by atoms with Crippen LogP contribution in [0.1, 0.15) is 42.5 Å². The lowest BCUT2D eigenvalue weighted by Crippen LogP contribution is -2.46. The van der Waals surface area contributed by atoms with Crippen molar-refractivity contribution in [2.24, 2.45) is 0 Å². The highest BCUT2D eigenvalue weighted by Gasteiger charge is 2.34. The minimum atomic E-state index is -0.234. The summed E-state index contributed by atoms with van der Waals surface area (Å²) in [5, 5.41) is 8.47. The van der Waals surface area contributed by atoms with Crippen LogP contribution in [0.3, 0.4) is 0 Å². The molecule has 0 aliphatic carbocycles. The van der Waals surface area contributed by atoms with E-state index in [1.165, 1.54) is 11.1 Å². The molecule has 1 N–H and O–H groups in total. The highest BCUT2D eigenvalue weighted by Crippen LogP contribution is 2.39. The van der Waals surface area contributed by atoms with E-state index in [1.54, 1.807) is 7.11 Å². The van der Waals surface area contributed by atoms with Gasteiger partial charge in [-0.3, -0.25) is 4.90 Å². The summed E-state index contributed by atoms with van der Waals surface area (Å²) >= 11 is 5.88. The monoisotopic (exact) mass is 496 g/mol. The number of thiocarbonyl (C=S) groups is 1. The smallest absolute Gasteiger partial charge is 0.258 e. The highest BCUT2D eigenvalue weighted by atomic mass is 32.1. The molecule has 0 amide bonds. The van der Waals surface area contributed by atoms with Crippen LogP contribution in [0.15, 0.2) is 83.0 Å². The van der Waals surface area contributed by atoms with Crippen molar-refractivity contribution in [2.75, 3.05) is 12.0 Å². The molecule has 0 saturated carbocycles. The predicted molar refractivity (Wildman–Crippen MR) is 147 cm³/mol. The molecule has 7 heteroatoms. The van der Waals surface area contributed by atoms with Gasteiger partial charge in [-0.15, -0.1) is 0 Å². The molecule has 0 fully saturated rings. The molecule has 6 nitrogen and oxygen atoms in total. The molecule has 182 valence electrons. The number of hydrogen-bond acceptors (Lipinski definition) is 5. The summed E-state index contributed by atoms with van der Waals surface area (Å²) in [6, 6.07) is 24.2. The molecule has 1 aromatic heterocycles. The van der Waals surface area contributed by atoms with E-state index in [1.807, 2.05) is 29.2 Å². The molecule has 0 spiro atoms. The quantitative estimate of drug-likeness (QED) is 0.306. The zero-order valence-electron chi connectivity index (χ0n) is 20.8. The van der Waals surface area contributed by atoms with Crippen molar-refractivity contribution in [3.8, 4) is 17.1 Å². The number of anilines is 1. The Bertz CT molecular complexity index is 1440. The van der Waals surface area contributed by atoms with Crippen LogP contribution >= 0.6 is 12.2 Å². The summed E-state index contributed by atoms with van der Waals surface area (Å²) in [6.45, 7) is 6.27. The summed E-state index contributed by atoms with van der Waals surface area (Å²) in [5.74, 6) is 1.68. The van der Waals surface area contributed by atoms with Crippen LogP contribution in [0, 0.1) is 6.92 Å². The molecule has 1 atom stereocenters. The number of methoxy groups -OCH3 is 1. The Hall–Kier alpha value is -3.97. The van der Waals surface area contributed by atoms with E-state index in [-0.39, 0.29) is 6.04 Å². The molecule has 3 aromatic carbocycles. The van der Waals surface area contributed by atoms with E-state index >= 15 is 0 Å². The summed E-state index contributed by atoms with van der Waals surface area (Å²) in [6.07, 6.45) is 0.942. The first-order valence-corrected chi connectivity index (χ1v) is 12.3. The molecule has 5 rings (SSSR count). The van der Waals surface area contributed by atoms with Crippen molar-refractivity contribution in [3.05, 3.63) is 101 Å². The Balaban J connectivity index is 1.65. The maximum atomic E-state index is 5.88. The Morgan fingerprint density at radius 1 is 1.03 bits per heavy atom. The maximum absolute atomic E-state index is 5.88. The van der Waals surface area contributed by atoms with E-state index in [0.29, 0.717) is 16.8 Å². The second-order valence-electron chi connectivity index (χ2n) is 8.81. The number of allylic oxidation sites excluding steroid dienone is 1. The fourth-order valence-electron chi connectivity index (χ4n) is 4.47. The summed E-state index contributed by atoms with van der Waals surface area (Å²) in [4.78, 5) is 6.85. The van der Waals surface area contributed by atoms with Crippen molar-refractivity contribution in [2.45, 2.75) is 33.2 Å². The third-order valence-corrected chi connectivity index (χ3v) is 6.76. The first-order chi connectivity index (χ1) is 17.5. The minimum absolute atomic E-state index is 0.234. The molecule has 1 aliphatic heterocycles. The molecule has 0 radical (unpaired) electrons. The van der Waals surface area contributed by atoms with Gasteiger partial charge in [0.2, 0.25) is 5.82 Å². The SMILES string of the molecule is CCc1cccc(N2C(=S)NC(c3ccc(C)cc3)C(c3nc(-c4cccc(OC)c4)no3)=C2C)c1. The van der Waals surface area contributed by atoms with Gasteiger partial charge in [0.05, 0.1) is 18.7 Å². The van der Waals surface area contributed by atoms with Crippen molar-refractivity contribution < 1.29 is 9.26 Å². The lowest BCUT2D eigenvalue weighted by atomic mass is 9.94. The number of aryl methyl sites for hydroxylation is 2. The van der Waals surface area contributed by atoms with Gasteiger partial charge in [-0.1, -0.05) is 66.2 Å². The van der Waals surface area contributed by atoms with E-state index < -0.39 is 0 Å². The Kier molecular flexibility index (Phi) is 6.57. The molecule has 0 saturated heterocycles. The van der Waals surface area contributed by atoms with Crippen LogP contribution in [0.4, 0.5) is 5.69 Å². The number of aromatic nitrogens is 2. The van der Waals surface area contributed by atoms with Crippen LogP contribution in [-0.4, -0.2) is 22.4 Å². The molecular formula is C29H28N4O2S. The average Bonchev–Trinajstić information content (AvgIpc) is 3.39. The van der Waals surface area contributed by atoms with Crippen LogP contribution in [0.5, 0.6) is 5.75 Å². The third kappa shape index (κ3) is 4.50. The van der Waals surface area contributed by atoms with Crippen LogP contribution in [0.2, 0.25) is 0 Å². The van der Waals surface area contributed by atoms with Gasteiger partial charge in [-0.2, -0.15) is 4.98 Å². The second kappa shape index (κ2) is 9.95. The van der Waals surface area contributed by atoms with Crippen molar-refractivity contribution in [1.82, 2.24) is 15.5 Å². The number of ether oxygens (including phenoxy) is 1. The van der Waals surface area contributed by atoms with Crippen molar-refractivity contribution in [3.63, 3.8) is 0 Å².